The SMILES string of the molecule is CC1(C)c2cc(-c3ccc4c(c3)C3(c5ccccc5-4)c4ccccc4N(c4ccccc4)c4ccccc43)ccc2-c2ccc(-c3nc(-c4ccccc4)nc(-c4ccccc4)n3)cc21. The predicted molar refractivity (Wildman–Crippen MR) is 265 cm³/mol. The van der Waals surface area contributed by atoms with Crippen molar-refractivity contribution in [3.63, 3.8) is 0 Å². The minimum atomic E-state index is -0.515. The van der Waals surface area contributed by atoms with E-state index >= 15 is 0 Å². The molecule has 10 aromatic rings. The second kappa shape index (κ2) is 14.2. The second-order valence-electron chi connectivity index (χ2n) is 17.9. The third kappa shape index (κ3) is 5.47. The first-order valence-electron chi connectivity index (χ1n) is 22.4. The van der Waals surface area contributed by atoms with Gasteiger partial charge in [0.2, 0.25) is 0 Å². The number of anilines is 3. The van der Waals surface area contributed by atoms with Crippen molar-refractivity contribution in [1.29, 1.82) is 0 Å². The molecule has 0 bridgehead atoms. The summed E-state index contributed by atoms with van der Waals surface area (Å²) in [5, 5.41) is 0. The van der Waals surface area contributed by atoms with Gasteiger partial charge in [0.25, 0.3) is 0 Å². The van der Waals surface area contributed by atoms with Crippen LogP contribution in [0.4, 0.5) is 17.1 Å². The van der Waals surface area contributed by atoms with Crippen LogP contribution >= 0.6 is 0 Å². The molecule has 2 heterocycles. The summed E-state index contributed by atoms with van der Waals surface area (Å²) < 4.78 is 0. The van der Waals surface area contributed by atoms with E-state index in [4.69, 9.17) is 15.0 Å². The van der Waals surface area contributed by atoms with E-state index in [-0.39, 0.29) is 5.41 Å². The fourth-order valence-electron chi connectivity index (χ4n) is 11.1. The molecule has 1 spiro atoms. The van der Waals surface area contributed by atoms with Gasteiger partial charge < -0.3 is 4.90 Å². The smallest absolute Gasteiger partial charge is 0.164 e. The van der Waals surface area contributed by atoms with Crippen LogP contribution in [0.1, 0.15) is 47.2 Å². The van der Waals surface area contributed by atoms with Crippen LogP contribution in [-0.2, 0) is 10.8 Å². The van der Waals surface area contributed by atoms with Gasteiger partial charge in [0.05, 0.1) is 16.8 Å². The molecule has 65 heavy (non-hydrogen) atoms. The van der Waals surface area contributed by atoms with Crippen LogP contribution in [-0.4, -0.2) is 15.0 Å². The lowest BCUT2D eigenvalue weighted by molar-refractivity contribution is 0.661. The van der Waals surface area contributed by atoms with E-state index in [2.05, 4.69) is 201 Å². The van der Waals surface area contributed by atoms with Crippen molar-refractivity contribution >= 4 is 17.1 Å². The van der Waals surface area contributed by atoms with Crippen LogP contribution < -0.4 is 4.90 Å². The lowest BCUT2D eigenvalue weighted by Gasteiger charge is -2.45. The average Bonchev–Trinajstić information content (AvgIpc) is 3.79. The molecule has 2 aliphatic carbocycles. The van der Waals surface area contributed by atoms with Gasteiger partial charge in [-0.25, -0.2) is 15.0 Å². The summed E-state index contributed by atoms with van der Waals surface area (Å²) in [5.41, 5.74) is 21.0. The van der Waals surface area contributed by atoms with Crippen LogP contribution in [0.5, 0.6) is 0 Å². The van der Waals surface area contributed by atoms with E-state index in [9.17, 15) is 0 Å². The maximum Gasteiger partial charge on any atom is 0.164 e. The Hall–Kier alpha value is -8.21. The molecule has 13 rings (SSSR count). The Kier molecular flexibility index (Phi) is 8.13. The average molecular weight is 831 g/mol. The van der Waals surface area contributed by atoms with Crippen molar-refractivity contribution in [2.24, 2.45) is 0 Å². The highest BCUT2D eigenvalue weighted by molar-refractivity contribution is 5.97. The normalized spacial score (nSPS) is 14.2. The van der Waals surface area contributed by atoms with Crippen molar-refractivity contribution in [1.82, 2.24) is 15.0 Å². The fraction of sp³-hybridized carbons (Fsp3) is 0.0656. The summed E-state index contributed by atoms with van der Waals surface area (Å²) in [6, 6.07) is 79.3. The molecule has 0 N–H and O–H groups in total. The number of benzene rings is 9. The molecule has 0 saturated carbocycles. The molecule has 4 nitrogen and oxygen atoms in total. The Morgan fingerprint density at radius 2 is 0.692 bits per heavy atom. The van der Waals surface area contributed by atoms with Crippen molar-refractivity contribution in [2.45, 2.75) is 24.7 Å². The summed E-state index contributed by atoms with van der Waals surface area (Å²) in [6.07, 6.45) is 0. The van der Waals surface area contributed by atoms with E-state index in [0.717, 1.165) is 22.4 Å². The molecule has 0 atom stereocenters. The molecule has 3 aliphatic rings. The van der Waals surface area contributed by atoms with Crippen LogP contribution in [0.3, 0.4) is 0 Å². The summed E-state index contributed by atoms with van der Waals surface area (Å²) in [4.78, 5) is 17.5. The molecule has 0 unspecified atom stereocenters. The van der Waals surface area contributed by atoms with Gasteiger partial charge in [-0.2, -0.15) is 0 Å². The first-order chi connectivity index (χ1) is 32.0. The zero-order valence-electron chi connectivity index (χ0n) is 36.1. The Labute approximate surface area is 379 Å². The minimum absolute atomic E-state index is 0.273. The molecule has 4 heteroatoms. The van der Waals surface area contributed by atoms with Gasteiger partial charge in [-0.15, -0.1) is 0 Å². The van der Waals surface area contributed by atoms with E-state index < -0.39 is 5.41 Å². The molecule has 0 amide bonds. The van der Waals surface area contributed by atoms with Gasteiger partial charge in [0, 0.05) is 27.8 Å². The molecule has 1 aliphatic heterocycles. The van der Waals surface area contributed by atoms with Crippen molar-refractivity contribution < 1.29 is 0 Å². The third-order valence-corrected chi connectivity index (χ3v) is 14.1. The van der Waals surface area contributed by atoms with Gasteiger partial charge >= 0.3 is 0 Å². The maximum absolute atomic E-state index is 5.08. The predicted octanol–water partition coefficient (Wildman–Crippen LogP) is 15.0. The lowest BCUT2D eigenvalue weighted by atomic mass is 9.64. The molecule has 0 radical (unpaired) electrons. The van der Waals surface area contributed by atoms with Crippen molar-refractivity contribution in [2.75, 3.05) is 4.90 Å². The first kappa shape index (κ1) is 37.4. The molecule has 9 aromatic carbocycles. The zero-order valence-corrected chi connectivity index (χ0v) is 36.1. The number of aromatic nitrogens is 3. The first-order valence-corrected chi connectivity index (χ1v) is 22.4. The standard InChI is InChI=1S/C61H42N4/c1-60(2)52-36-41(30-33-46(52)47-35-32-43(38-53(47)60)59-63-57(39-18-6-3-7-19-39)62-58(64-59)40-20-8-4-9-21-40)42-31-34-48-45-24-12-13-25-49(45)61(54(48)37-42)50-26-14-16-28-55(50)65(44-22-10-5-11-23-44)56-29-17-15-27-51(56)61/h3-38H,1-2H3. The largest absolute Gasteiger partial charge is 0.310 e. The van der Waals surface area contributed by atoms with Gasteiger partial charge in [-0.3, -0.25) is 0 Å². The van der Waals surface area contributed by atoms with Gasteiger partial charge in [0.1, 0.15) is 0 Å². The Morgan fingerprint density at radius 1 is 0.308 bits per heavy atom. The van der Waals surface area contributed by atoms with Gasteiger partial charge in [-0.1, -0.05) is 190 Å². The van der Waals surface area contributed by atoms with Crippen LogP contribution in [0.25, 0.3) is 67.5 Å². The molecule has 306 valence electrons. The van der Waals surface area contributed by atoms with E-state index in [0.29, 0.717) is 17.5 Å². The zero-order chi connectivity index (χ0) is 43.3. The van der Waals surface area contributed by atoms with E-state index in [1.807, 2.05) is 36.4 Å². The Morgan fingerprint density at radius 3 is 1.25 bits per heavy atom. The molecule has 1 aromatic heterocycles. The van der Waals surface area contributed by atoms with Gasteiger partial charge in [-0.05, 0) is 109 Å². The highest BCUT2D eigenvalue weighted by atomic mass is 15.2. The summed E-state index contributed by atoms with van der Waals surface area (Å²) in [7, 11) is 0. The van der Waals surface area contributed by atoms with Crippen molar-refractivity contribution in [3.8, 4) is 67.5 Å². The van der Waals surface area contributed by atoms with Crippen LogP contribution in [0.2, 0.25) is 0 Å². The summed E-state index contributed by atoms with van der Waals surface area (Å²) in [6.45, 7) is 4.71. The molecule has 0 saturated heterocycles. The van der Waals surface area contributed by atoms with Crippen LogP contribution in [0, 0.1) is 0 Å². The molecule has 0 fully saturated rings. The third-order valence-electron chi connectivity index (χ3n) is 14.1. The lowest BCUT2D eigenvalue weighted by Crippen LogP contribution is -2.36. The second-order valence-corrected chi connectivity index (χ2v) is 17.9. The molecular formula is C61H42N4. The van der Waals surface area contributed by atoms with Gasteiger partial charge in [0.15, 0.2) is 17.5 Å². The Balaban J connectivity index is 0.938. The monoisotopic (exact) mass is 830 g/mol. The Bertz CT molecular complexity index is 3420. The summed E-state index contributed by atoms with van der Waals surface area (Å²) in [5.74, 6) is 1.99. The van der Waals surface area contributed by atoms with Crippen LogP contribution in [0.15, 0.2) is 218 Å². The highest BCUT2D eigenvalue weighted by Gasteiger charge is 2.51. The molecular weight excluding hydrogens is 789 g/mol. The number of fused-ring (bicyclic) bond motifs is 12. The number of para-hydroxylation sites is 3. The number of hydrogen-bond acceptors (Lipinski definition) is 4. The summed E-state index contributed by atoms with van der Waals surface area (Å²) >= 11 is 0. The number of hydrogen-bond donors (Lipinski definition) is 0. The number of nitrogens with zero attached hydrogens (tertiary/aromatic N) is 4. The number of rotatable bonds is 5. The quantitative estimate of drug-likeness (QED) is 0.173. The highest BCUT2D eigenvalue weighted by Crippen LogP contribution is 2.64. The fourth-order valence-corrected chi connectivity index (χ4v) is 11.1. The van der Waals surface area contributed by atoms with Crippen molar-refractivity contribution in [3.05, 3.63) is 252 Å². The van der Waals surface area contributed by atoms with E-state index in [1.165, 1.54) is 78.1 Å². The maximum atomic E-state index is 5.08. The minimum Gasteiger partial charge on any atom is -0.310 e. The van der Waals surface area contributed by atoms with E-state index in [1.54, 1.807) is 0 Å². The topological polar surface area (TPSA) is 41.9 Å².